The summed E-state index contributed by atoms with van der Waals surface area (Å²) in [4.78, 5) is 13.9. The summed E-state index contributed by atoms with van der Waals surface area (Å²) < 4.78 is 29.9. The molecule has 0 aliphatic carbocycles. The molecule has 1 aromatic rings. The van der Waals surface area contributed by atoms with Crippen molar-refractivity contribution in [2.24, 2.45) is 0 Å². The molecule has 1 heterocycles. The molecular weight excluding hydrogens is 344 g/mol. The molecule has 1 rings (SSSR count). The molecule has 0 fully saturated rings. The summed E-state index contributed by atoms with van der Waals surface area (Å²) >= 11 is 0. The topological polar surface area (TPSA) is 95.8 Å². The van der Waals surface area contributed by atoms with E-state index in [2.05, 4.69) is 10.5 Å². The van der Waals surface area contributed by atoms with Crippen LogP contribution in [0.3, 0.4) is 0 Å². The van der Waals surface area contributed by atoms with Crippen molar-refractivity contribution >= 4 is 15.9 Å². The number of aryl methyl sites for hydroxylation is 2. The summed E-state index contributed by atoms with van der Waals surface area (Å²) in [6, 6.07) is -0.0908. The summed E-state index contributed by atoms with van der Waals surface area (Å²) in [6.07, 6.45) is 1.78. The number of hydrogen-bond acceptors (Lipinski definition) is 6. The smallest absolute Gasteiger partial charge is 0.234 e. The Hall–Kier alpha value is -1.45. The largest absolute Gasteiger partial charge is 0.361 e. The van der Waals surface area contributed by atoms with Crippen molar-refractivity contribution in [3.8, 4) is 0 Å². The number of hydrogen-bond donors (Lipinski definition) is 1. The van der Waals surface area contributed by atoms with Crippen molar-refractivity contribution < 1.29 is 17.7 Å². The van der Waals surface area contributed by atoms with Crippen LogP contribution in [0, 0.1) is 13.8 Å². The van der Waals surface area contributed by atoms with Gasteiger partial charge in [-0.1, -0.05) is 5.16 Å². The molecule has 9 heteroatoms. The van der Waals surface area contributed by atoms with Gasteiger partial charge in [0, 0.05) is 31.2 Å². The Bertz CT molecular complexity index is 650. The number of carbonyl (C=O) groups is 1. The van der Waals surface area contributed by atoms with E-state index in [-0.39, 0.29) is 18.5 Å². The molecule has 1 N–H and O–H groups in total. The Morgan fingerprint density at radius 3 is 2.44 bits per heavy atom. The first-order valence-electron chi connectivity index (χ1n) is 8.36. The average Bonchev–Trinajstić information content (AvgIpc) is 2.77. The minimum Gasteiger partial charge on any atom is -0.361 e. The first-order chi connectivity index (χ1) is 11.5. The van der Waals surface area contributed by atoms with Gasteiger partial charge >= 0.3 is 0 Å². The van der Waals surface area contributed by atoms with Crippen molar-refractivity contribution in [1.82, 2.24) is 19.7 Å². The van der Waals surface area contributed by atoms with E-state index in [0.29, 0.717) is 26.1 Å². The zero-order valence-corrected chi connectivity index (χ0v) is 16.8. The molecule has 8 nitrogen and oxygen atoms in total. The third-order valence-electron chi connectivity index (χ3n) is 3.90. The molecule has 0 saturated carbocycles. The molecular formula is C16H30N4O4S. The molecule has 0 aromatic carbocycles. The maximum Gasteiger partial charge on any atom is 0.234 e. The van der Waals surface area contributed by atoms with Crippen molar-refractivity contribution in [3.05, 3.63) is 17.0 Å². The summed E-state index contributed by atoms with van der Waals surface area (Å²) in [5.74, 6) is 0.670. The van der Waals surface area contributed by atoms with Crippen molar-refractivity contribution in [1.29, 1.82) is 0 Å². The van der Waals surface area contributed by atoms with Gasteiger partial charge in [-0.2, -0.15) is 4.31 Å². The normalized spacial score (nSPS) is 12.4. The minimum atomic E-state index is -3.22. The predicted molar refractivity (Wildman–Crippen MR) is 96.6 cm³/mol. The lowest BCUT2D eigenvalue weighted by Crippen LogP contribution is -2.39. The zero-order chi connectivity index (χ0) is 19.2. The van der Waals surface area contributed by atoms with E-state index in [4.69, 9.17) is 4.52 Å². The third kappa shape index (κ3) is 7.13. The standard InChI is InChI=1S/C16H30N4O4S/c1-12(2)20(25(6,22)23)9-7-8-17-16(21)11-19(5)10-15-13(3)18-24-14(15)4/h12H,7-11H2,1-6H3,(H,17,21). The molecule has 0 saturated heterocycles. The lowest BCUT2D eigenvalue weighted by Gasteiger charge is -2.24. The summed E-state index contributed by atoms with van der Waals surface area (Å²) in [5, 5.41) is 6.73. The van der Waals surface area contributed by atoms with Gasteiger partial charge in [0.25, 0.3) is 0 Å². The zero-order valence-electron chi connectivity index (χ0n) is 16.0. The van der Waals surface area contributed by atoms with Gasteiger partial charge in [0.2, 0.25) is 15.9 Å². The predicted octanol–water partition coefficient (Wildman–Crippen LogP) is 0.900. The molecule has 0 bridgehead atoms. The summed E-state index contributed by atoms with van der Waals surface area (Å²) in [6.45, 7) is 9.08. The van der Waals surface area contributed by atoms with Crippen LogP contribution in [0.1, 0.15) is 37.3 Å². The van der Waals surface area contributed by atoms with E-state index in [1.54, 1.807) is 0 Å². The number of nitrogens with zero attached hydrogens (tertiary/aromatic N) is 3. The monoisotopic (exact) mass is 374 g/mol. The van der Waals surface area contributed by atoms with Crippen LogP contribution < -0.4 is 5.32 Å². The number of nitrogens with one attached hydrogen (secondary N) is 1. The lowest BCUT2D eigenvalue weighted by atomic mass is 10.2. The van der Waals surface area contributed by atoms with Crippen LogP contribution in [-0.4, -0.2) is 67.7 Å². The summed E-state index contributed by atoms with van der Waals surface area (Å²) in [5.41, 5.74) is 1.83. The molecule has 0 spiro atoms. The van der Waals surface area contributed by atoms with Crippen LogP contribution in [0.5, 0.6) is 0 Å². The number of amides is 1. The molecule has 0 aliphatic heterocycles. The Balaban J connectivity index is 2.35. The maximum absolute atomic E-state index is 12.0. The molecule has 144 valence electrons. The van der Waals surface area contributed by atoms with E-state index in [9.17, 15) is 13.2 Å². The highest BCUT2D eigenvalue weighted by Crippen LogP contribution is 2.13. The van der Waals surface area contributed by atoms with Crippen LogP contribution in [0.4, 0.5) is 0 Å². The molecule has 0 atom stereocenters. The fourth-order valence-corrected chi connectivity index (χ4v) is 3.85. The quantitative estimate of drug-likeness (QED) is 0.611. The first kappa shape index (κ1) is 21.6. The SMILES string of the molecule is Cc1noc(C)c1CN(C)CC(=O)NCCCN(C(C)C)S(C)(=O)=O. The number of aromatic nitrogens is 1. The van der Waals surface area contributed by atoms with Crippen LogP contribution in [0.25, 0.3) is 0 Å². The van der Waals surface area contributed by atoms with Crippen molar-refractivity contribution in [3.63, 3.8) is 0 Å². The molecule has 25 heavy (non-hydrogen) atoms. The van der Waals surface area contributed by atoms with Gasteiger partial charge in [-0.25, -0.2) is 8.42 Å². The number of carbonyl (C=O) groups excluding carboxylic acids is 1. The number of rotatable bonds is 10. The third-order valence-corrected chi connectivity index (χ3v) is 5.36. The van der Waals surface area contributed by atoms with Crippen molar-refractivity contribution in [2.45, 2.75) is 46.7 Å². The highest BCUT2D eigenvalue weighted by molar-refractivity contribution is 7.88. The Kier molecular flexibility index (Phi) is 8.04. The lowest BCUT2D eigenvalue weighted by molar-refractivity contribution is -0.122. The summed E-state index contributed by atoms with van der Waals surface area (Å²) in [7, 11) is -1.37. The van der Waals surface area contributed by atoms with Crippen LogP contribution in [0.15, 0.2) is 4.52 Å². The molecule has 1 aromatic heterocycles. The first-order valence-corrected chi connectivity index (χ1v) is 10.2. The fraction of sp³-hybridized carbons (Fsp3) is 0.750. The number of sulfonamides is 1. The van der Waals surface area contributed by atoms with Gasteiger partial charge in [0.1, 0.15) is 5.76 Å². The van der Waals surface area contributed by atoms with Crippen LogP contribution in [-0.2, 0) is 21.4 Å². The Labute approximate surface area is 150 Å². The highest BCUT2D eigenvalue weighted by Gasteiger charge is 2.19. The average molecular weight is 375 g/mol. The van der Waals surface area contributed by atoms with Gasteiger partial charge in [-0.15, -0.1) is 0 Å². The number of likely N-dealkylation sites (N-methyl/N-ethyl adjacent to an activating group) is 1. The fourth-order valence-electron chi connectivity index (χ4n) is 2.62. The highest BCUT2D eigenvalue weighted by atomic mass is 32.2. The van der Waals surface area contributed by atoms with Gasteiger partial charge in [-0.3, -0.25) is 9.69 Å². The second-order valence-corrected chi connectivity index (χ2v) is 8.58. The molecule has 0 radical (unpaired) electrons. The molecule has 1 amide bonds. The molecule has 0 unspecified atom stereocenters. The van der Waals surface area contributed by atoms with Gasteiger partial charge in [0.05, 0.1) is 18.5 Å². The van der Waals surface area contributed by atoms with E-state index in [1.165, 1.54) is 10.6 Å². The van der Waals surface area contributed by atoms with E-state index >= 15 is 0 Å². The van der Waals surface area contributed by atoms with Crippen molar-refractivity contribution in [2.75, 3.05) is 32.9 Å². The van der Waals surface area contributed by atoms with Gasteiger partial charge in [-0.05, 0) is 41.2 Å². The van der Waals surface area contributed by atoms with Gasteiger partial charge in [0.15, 0.2) is 0 Å². The molecule has 0 aliphatic rings. The Morgan fingerprint density at radius 2 is 1.96 bits per heavy atom. The van der Waals surface area contributed by atoms with E-state index in [1.807, 2.05) is 39.6 Å². The Morgan fingerprint density at radius 1 is 1.32 bits per heavy atom. The second-order valence-electron chi connectivity index (χ2n) is 6.65. The van der Waals surface area contributed by atoms with Gasteiger partial charge < -0.3 is 9.84 Å². The van der Waals surface area contributed by atoms with Crippen LogP contribution >= 0.6 is 0 Å². The van der Waals surface area contributed by atoms with E-state index < -0.39 is 10.0 Å². The minimum absolute atomic E-state index is 0.0908. The maximum atomic E-state index is 12.0. The van der Waals surface area contributed by atoms with E-state index in [0.717, 1.165) is 17.0 Å². The second kappa shape index (κ2) is 9.30. The van der Waals surface area contributed by atoms with Crippen LogP contribution in [0.2, 0.25) is 0 Å².